The van der Waals surface area contributed by atoms with E-state index in [0.717, 1.165) is 15.7 Å². The second-order valence-electron chi connectivity index (χ2n) is 4.40. The van der Waals surface area contributed by atoms with Gasteiger partial charge in [0.05, 0.1) is 0 Å². The van der Waals surface area contributed by atoms with E-state index in [2.05, 4.69) is 20.9 Å². The standard InChI is InChI=1S/C14H11BrFN3/c1-8-2-5-12-18-13(14(17)19(12)7-8)10-6-9(16)3-4-11(10)15/h2-7H,17H2,1H3. The topological polar surface area (TPSA) is 43.3 Å². The fourth-order valence-corrected chi connectivity index (χ4v) is 2.48. The van der Waals surface area contributed by atoms with Gasteiger partial charge >= 0.3 is 0 Å². The number of nitrogens with zero attached hydrogens (tertiary/aromatic N) is 2. The summed E-state index contributed by atoms with van der Waals surface area (Å²) in [5, 5.41) is 0. The van der Waals surface area contributed by atoms with Crippen LogP contribution in [0, 0.1) is 12.7 Å². The summed E-state index contributed by atoms with van der Waals surface area (Å²) >= 11 is 3.40. The lowest BCUT2D eigenvalue weighted by molar-refractivity contribution is 0.628. The van der Waals surface area contributed by atoms with Gasteiger partial charge in [0.1, 0.15) is 23.0 Å². The van der Waals surface area contributed by atoms with Gasteiger partial charge in [-0.05, 0) is 36.8 Å². The number of aromatic nitrogens is 2. The number of halogens is 2. The average molecular weight is 320 g/mol. The molecule has 0 aliphatic heterocycles. The number of hydrogen-bond acceptors (Lipinski definition) is 2. The molecule has 0 spiro atoms. The number of fused-ring (bicyclic) bond motifs is 1. The van der Waals surface area contributed by atoms with Gasteiger partial charge in [0.15, 0.2) is 0 Å². The molecule has 0 saturated carbocycles. The number of nitrogen functional groups attached to an aromatic ring is 1. The molecule has 2 N–H and O–H groups in total. The fourth-order valence-electron chi connectivity index (χ4n) is 2.05. The minimum absolute atomic E-state index is 0.314. The number of imidazole rings is 1. The summed E-state index contributed by atoms with van der Waals surface area (Å²) in [6, 6.07) is 8.33. The molecule has 3 rings (SSSR count). The van der Waals surface area contributed by atoms with Gasteiger partial charge < -0.3 is 5.73 Å². The Morgan fingerprint density at radius 3 is 2.84 bits per heavy atom. The van der Waals surface area contributed by atoms with E-state index in [0.29, 0.717) is 17.1 Å². The van der Waals surface area contributed by atoms with Gasteiger partial charge in [-0.1, -0.05) is 22.0 Å². The van der Waals surface area contributed by atoms with E-state index >= 15 is 0 Å². The van der Waals surface area contributed by atoms with Crippen LogP contribution >= 0.6 is 15.9 Å². The van der Waals surface area contributed by atoms with Crippen molar-refractivity contribution in [1.82, 2.24) is 9.38 Å². The molecule has 0 radical (unpaired) electrons. The van der Waals surface area contributed by atoms with Crippen molar-refractivity contribution >= 4 is 27.4 Å². The molecule has 0 fully saturated rings. The van der Waals surface area contributed by atoms with Crippen LogP contribution in [0.25, 0.3) is 16.9 Å². The van der Waals surface area contributed by atoms with E-state index in [4.69, 9.17) is 5.73 Å². The largest absolute Gasteiger partial charge is 0.383 e. The number of benzene rings is 1. The minimum atomic E-state index is -0.314. The Morgan fingerprint density at radius 2 is 2.05 bits per heavy atom. The molecule has 3 aromatic rings. The number of hydrogen-bond donors (Lipinski definition) is 1. The van der Waals surface area contributed by atoms with Gasteiger partial charge in [-0.3, -0.25) is 4.40 Å². The average Bonchev–Trinajstić information content (AvgIpc) is 2.70. The quantitative estimate of drug-likeness (QED) is 0.741. The van der Waals surface area contributed by atoms with Crippen molar-refractivity contribution in [2.45, 2.75) is 6.92 Å². The maximum absolute atomic E-state index is 13.4. The zero-order valence-electron chi connectivity index (χ0n) is 10.2. The highest BCUT2D eigenvalue weighted by Gasteiger charge is 2.14. The van der Waals surface area contributed by atoms with Crippen LogP contribution in [-0.4, -0.2) is 9.38 Å². The normalized spacial score (nSPS) is 11.1. The van der Waals surface area contributed by atoms with Crippen molar-refractivity contribution < 1.29 is 4.39 Å². The summed E-state index contributed by atoms with van der Waals surface area (Å²) in [5.41, 5.74) is 9.18. The van der Waals surface area contributed by atoms with Crippen LogP contribution in [0.1, 0.15) is 5.56 Å². The summed E-state index contributed by atoms with van der Waals surface area (Å²) in [6.45, 7) is 1.98. The van der Waals surface area contributed by atoms with Crippen molar-refractivity contribution in [3.63, 3.8) is 0 Å². The second-order valence-corrected chi connectivity index (χ2v) is 5.26. The third-order valence-electron chi connectivity index (χ3n) is 2.99. The van der Waals surface area contributed by atoms with Crippen LogP contribution in [-0.2, 0) is 0 Å². The van der Waals surface area contributed by atoms with Crippen LogP contribution in [0.2, 0.25) is 0 Å². The van der Waals surface area contributed by atoms with E-state index in [1.807, 2.05) is 29.7 Å². The smallest absolute Gasteiger partial charge is 0.139 e. The Labute approximate surface area is 118 Å². The van der Waals surface area contributed by atoms with E-state index in [1.54, 1.807) is 6.07 Å². The summed E-state index contributed by atoms with van der Waals surface area (Å²) in [7, 11) is 0. The van der Waals surface area contributed by atoms with Crippen molar-refractivity contribution in [3.05, 3.63) is 52.4 Å². The van der Waals surface area contributed by atoms with Crippen LogP contribution in [0.5, 0.6) is 0 Å². The monoisotopic (exact) mass is 319 g/mol. The highest BCUT2D eigenvalue weighted by atomic mass is 79.9. The molecule has 0 atom stereocenters. The van der Waals surface area contributed by atoms with Gasteiger partial charge in [0, 0.05) is 16.2 Å². The number of nitrogens with two attached hydrogens (primary N) is 1. The first-order valence-electron chi connectivity index (χ1n) is 5.76. The molecule has 2 heterocycles. The number of anilines is 1. The number of pyridine rings is 1. The highest BCUT2D eigenvalue weighted by molar-refractivity contribution is 9.10. The molecular weight excluding hydrogens is 309 g/mol. The van der Waals surface area contributed by atoms with Gasteiger partial charge in [-0.25, -0.2) is 9.37 Å². The van der Waals surface area contributed by atoms with Crippen molar-refractivity contribution in [2.75, 3.05) is 5.73 Å². The molecule has 0 amide bonds. The van der Waals surface area contributed by atoms with E-state index in [-0.39, 0.29) is 5.82 Å². The first kappa shape index (κ1) is 12.2. The molecule has 0 bridgehead atoms. The Balaban J connectivity index is 2.31. The third-order valence-corrected chi connectivity index (χ3v) is 3.68. The molecule has 96 valence electrons. The molecule has 0 unspecified atom stereocenters. The summed E-state index contributed by atoms with van der Waals surface area (Å²) in [6.07, 6.45) is 1.91. The predicted octanol–water partition coefficient (Wildman–Crippen LogP) is 3.79. The lowest BCUT2D eigenvalue weighted by Crippen LogP contribution is -1.95. The Bertz CT molecular complexity index is 780. The predicted molar refractivity (Wildman–Crippen MR) is 77.4 cm³/mol. The van der Waals surface area contributed by atoms with Crippen molar-refractivity contribution in [3.8, 4) is 11.3 Å². The Morgan fingerprint density at radius 1 is 1.26 bits per heavy atom. The van der Waals surface area contributed by atoms with Crippen molar-refractivity contribution in [2.24, 2.45) is 0 Å². The van der Waals surface area contributed by atoms with Crippen LogP contribution in [0.3, 0.4) is 0 Å². The third kappa shape index (κ3) is 2.00. The highest BCUT2D eigenvalue weighted by Crippen LogP contribution is 2.32. The molecule has 19 heavy (non-hydrogen) atoms. The van der Waals surface area contributed by atoms with Gasteiger partial charge in [0.2, 0.25) is 0 Å². The molecule has 3 nitrogen and oxygen atoms in total. The van der Waals surface area contributed by atoms with Gasteiger partial charge in [0.25, 0.3) is 0 Å². The maximum Gasteiger partial charge on any atom is 0.139 e. The molecule has 5 heteroatoms. The van der Waals surface area contributed by atoms with Gasteiger partial charge in [-0.2, -0.15) is 0 Å². The van der Waals surface area contributed by atoms with Crippen LogP contribution in [0.15, 0.2) is 41.0 Å². The zero-order chi connectivity index (χ0) is 13.6. The Kier molecular flexibility index (Phi) is 2.78. The SMILES string of the molecule is Cc1ccc2nc(-c3cc(F)ccc3Br)c(N)n2c1. The van der Waals surface area contributed by atoms with E-state index in [9.17, 15) is 4.39 Å². The summed E-state index contributed by atoms with van der Waals surface area (Å²) < 4.78 is 16.0. The molecular formula is C14H11BrFN3. The Hall–Kier alpha value is -1.88. The first-order valence-corrected chi connectivity index (χ1v) is 6.55. The minimum Gasteiger partial charge on any atom is -0.383 e. The van der Waals surface area contributed by atoms with E-state index < -0.39 is 0 Å². The lowest BCUT2D eigenvalue weighted by atomic mass is 10.1. The molecule has 0 aliphatic carbocycles. The number of rotatable bonds is 1. The van der Waals surface area contributed by atoms with Gasteiger partial charge in [-0.15, -0.1) is 0 Å². The second kappa shape index (κ2) is 4.35. The zero-order valence-corrected chi connectivity index (χ0v) is 11.8. The number of aryl methyl sites for hydroxylation is 1. The maximum atomic E-state index is 13.4. The molecule has 2 aromatic heterocycles. The fraction of sp³-hybridized carbons (Fsp3) is 0.0714. The lowest BCUT2D eigenvalue weighted by Gasteiger charge is -2.03. The molecule has 0 saturated heterocycles. The molecule has 0 aliphatic rings. The van der Waals surface area contributed by atoms with Crippen molar-refractivity contribution in [1.29, 1.82) is 0 Å². The van der Waals surface area contributed by atoms with E-state index in [1.165, 1.54) is 12.1 Å². The first-order chi connectivity index (χ1) is 9.06. The molecule has 1 aromatic carbocycles. The summed E-state index contributed by atoms with van der Waals surface area (Å²) in [5.74, 6) is 0.191. The van der Waals surface area contributed by atoms with Crippen LogP contribution in [0.4, 0.5) is 10.2 Å². The summed E-state index contributed by atoms with van der Waals surface area (Å²) in [4.78, 5) is 4.47. The van der Waals surface area contributed by atoms with Crippen LogP contribution < -0.4 is 5.73 Å².